The molecule has 0 fully saturated rings. The molecule has 4 nitrogen and oxygen atoms in total. The van der Waals surface area contributed by atoms with Gasteiger partial charge in [-0.1, -0.05) is 0 Å². The molecule has 0 aromatic carbocycles. The predicted molar refractivity (Wildman–Crippen MR) is 39.3 cm³/mol. The minimum Gasteiger partial charge on any atom is -0.300 e. The normalized spacial score (nSPS) is 12.5. The first-order valence-electron chi connectivity index (χ1n) is 2.77. The maximum absolute atomic E-state index is 10.8. The van der Waals surface area contributed by atoms with Crippen molar-refractivity contribution in [3.05, 3.63) is 30.1 Å². The average Bonchev–Trinajstić information content (AvgIpc) is 2.05. The van der Waals surface area contributed by atoms with Gasteiger partial charge in [0.1, 0.15) is 0 Å². The Bertz CT molecular complexity index is 285. The minimum atomic E-state index is -2.43. The van der Waals surface area contributed by atoms with Crippen molar-refractivity contribution in [1.29, 1.82) is 0 Å². The highest BCUT2D eigenvalue weighted by Gasteiger charge is 2.10. The molecule has 0 saturated heterocycles. The topological polar surface area (TPSA) is 67.3 Å². The van der Waals surface area contributed by atoms with Gasteiger partial charge in [-0.25, -0.2) is 4.21 Å². The summed E-state index contributed by atoms with van der Waals surface area (Å²) in [5.74, 6) is 0. The third-order valence-corrected chi connectivity index (χ3v) is 1.63. The molecular weight excluding hydrogens is 166 g/mol. The summed E-state index contributed by atoms with van der Waals surface area (Å²) >= 11 is -2.43. The van der Waals surface area contributed by atoms with Gasteiger partial charge in [0.25, 0.3) is 5.12 Å². The lowest BCUT2D eigenvalue weighted by Gasteiger charge is -1.92. The van der Waals surface area contributed by atoms with E-state index in [4.69, 9.17) is 4.55 Å². The molecule has 0 aliphatic carbocycles. The second-order valence-electron chi connectivity index (χ2n) is 1.77. The van der Waals surface area contributed by atoms with E-state index >= 15 is 0 Å². The molecule has 0 saturated carbocycles. The molecule has 0 aliphatic rings. The molecule has 1 heterocycles. The Kier molecular flexibility index (Phi) is 2.45. The van der Waals surface area contributed by atoms with Crippen molar-refractivity contribution >= 4 is 16.2 Å². The summed E-state index contributed by atoms with van der Waals surface area (Å²) < 4.78 is 18.6. The Hall–Kier alpha value is -1.07. The van der Waals surface area contributed by atoms with Gasteiger partial charge in [0, 0.05) is 18.0 Å². The molecule has 58 valence electrons. The van der Waals surface area contributed by atoms with Gasteiger partial charge in [-0.3, -0.25) is 14.3 Å². The quantitative estimate of drug-likeness (QED) is 0.623. The molecule has 0 spiro atoms. The molecule has 1 unspecified atom stereocenters. The van der Waals surface area contributed by atoms with Crippen LogP contribution in [0.3, 0.4) is 0 Å². The number of aromatic nitrogens is 1. The van der Waals surface area contributed by atoms with Gasteiger partial charge in [-0.2, -0.15) is 0 Å². The van der Waals surface area contributed by atoms with Crippen LogP contribution in [0.2, 0.25) is 0 Å². The number of carbonyl (C=O) groups is 1. The lowest BCUT2D eigenvalue weighted by molar-refractivity contribution is 0.107. The SMILES string of the molecule is O=C(c1ccncc1)S(=O)O. The van der Waals surface area contributed by atoms with Crippen LogP contribution in [-0.4, -0.2) is 18.9 Å². The lowest BCUT2D eigenvalue weighted by atomic mass is 10.3. The summed E-state index contributed by atoms with van der Waals surface area (Å²) in [5, 5.41) is -0.799. The maximum Gasteiger partial charge on any atom is 0.276 e. The van der Waals surface area contributed by atoms with E-state index < -0.39 is 16.2 Å². The highest BCUT2D eigenvalue weighted by atomic mass is 32.2. The van der Waals surface area contributed by atoms with Gasteiger partial charge < -0.3 is 0 Å². The van der Waals surface area contributed by atoms with Crippen molar-refractivity contribution in [2.24, 2.45) is 0 Å². The molecule has 1 N–H and O–H groups in total. The van der Waals surface area contributed by atoms with Crippen LogP contribution >= 0.6 is 0 Å². The van der Waals surface area contributed by atoms with E-state index in [1.807, 2.05) is 0 Å². The molecule has 1 aromatic rings. The van der Waals surface area contributed by atoms with Crippen LogP contribution in [0.25, 0.3) is 0 Å². The van der Waals surface area contributed by atoms with Crippen molar-refractivity contribution in [3.8, 4) is 0 Å². The molecule has 0 aliphatic heterocycles. The second-order valence-corrected chi connectivity index (χ2v) is 2.64. The first-order valence-corrected chi connectivity index (χ1v) is 3.87. The third kappa shape index (κ3) is 1.92. The summed E-state index contributed by atoms with van der Waals surface area (Å²) in [6, 6.07) is 2.77. The highest BCUT2D eigenvalue weighted by molar-refractivity contribution is 7.95. The summed E-state index contributed by atoms with van der Waals surface area (Å²) in [5.41, 5.74) is 0.195. The van der Waals surface area contributed by atoms with Gasteiger partial charge in [0.2, 0.25) is 11.1 Å². The van der Waals surface area contributed by atoms with Gasteiger partial charge in [-0.15, -0.1) is 0 Å². The first kappa shape index (κ1) is 8.03. The zero-order valence-electron chi connectivity index (χ0n) is 5.43. The van der Waals surface area contributed by atoms with Gasteiger partial charge in [-0.05, 0) is 12.1 Å². The number of pyridine rings is 1. The standard InChI is InChI=1S/C6H5NO3S/c8-6(11(9)10)5-1-3-7-4-2-5/h1-4H,(H,9,10). The Morgan fingerprint density at radius 3 is 2.45 bits per heavy atom. The number of carbonyl (C=O) groups excluding carboxylic acids is 1. The van der Waals surface area contributed by atoms with Crippen LogP contribution < -0.4 is 0 Å². The van der Waals surface area contributed by atoms with Crippen LogP contribution in [0.4, 0.5) is 0 Å². The fraction of sp³-hybridized carbons (Fsp3) is 0. The molecule has 0 bridgehead atoms. The molecule has 1 rings (SSSR count). The van der Waals surface area contributed by atoms with E-state index in [1.165, 1.54) is 24.5 Å². The lowest BCUT2D eigenvalue weighted by Crippen LogP contribution is -2.05. The van der Waals surface area contributed by atoms with Crippen LogP contribution in [-0.2, 0) is 11.1 Å². The second kappa shape index (κ2) is 3.36. The van der Waals surface area contributed by atoms with Crippen LogP contribution in [0, 0.1) is 0 Å². The molecule has 1 atom stereocenters. The van der Waals surface area contributed by atoms with E-state index in [-0.39, 0.29) is 5.56 Å². The van der Waals surface area contributed by atoms with Crippen LogP contribution in [0.1, 0.15) is 10.4 Å². The summed E-state index contributed by atoms with van der Waals surface area (Å²) in [6.45, 7) is 0. The summed E-state index contributed by atoms with van der Waals surface area (Å²) in [4.78, 5) is 14.4. The van der Waals surface area contributed by atoms with Gasteiger partial charge in [0.15, 0.2) is 0 Å². The van der Waals surface area contributed by atoms with Crippen molar-refractivity contribution in [2.45, 2.75) is 0 Å². The zero-order valence-corrected chi connectivity index (χ0v) is 6.25. The van der Waals surface area contributed by atoms with Crippen LogP contribution in [0.15, 0.2) is 24.5 Å². The van der Waals surface area contributed by atoms with Crippen molar-refractivity contribution in [3.63, 3.8) is 0 Å². The smallest absolute Gasteiger partial charge is 0.276 e. The molecule has 0 amide bonds. The van der Waals surface area contributed by atoms with E-state index in [9.17, 15) is 9.00 Å². The fourth-order valence-corrected chi connectivity index (χ4v) is 0.927. The number of hydrogen-bond donors (Lipinski definition) is 1. The Balaban J connectivity index is 2.95. The summed E-state index contributed by atoms with van der Waals surface area (Å²) in [7, 11) is 0. The Morgan fingerprint density at radius 1 is 1.45 bits per heavy atom. The molecule has 5 heteroatoms. The third-order valence-electron chi connectivity index (χ3n) is 1.07. The fourth-order valence-electron chi connectivity index (χ4n) is 0.589. The van der Waals surface area contributed by atoms with Crippen LogP contribution in [0.5, 0.6) is 0 Å². The van der Waals surface area contributed by atoms with Crippen molar-refractivity contribution in [2.75, 3.05) is 0 Å². The van der Waals surface area contributed by atoms with E-state index in [2.05, 4.69) is 4.98 Å². The molecular formula is C6H5NO3S. The maximum atomic E-state index is 10.8. The highest BCUT2D eigenvalue weighted by Crippen LogP contribution is 1.99. The number of nitrogens with zero attached hydrogens (tertiary/aromatic N) is 1. The zero-order chi connectivity index (χ0) is 8.27. The van der Waals surface area contributed by atoms with E-state index in [1.54, 1.807) is 0 Å². The summed E-state index contributed by atoms with van der Waals surface area (Å²) in [6.07, 6.45) is 2.78. The van der Waals surface area contributed by atoms with E-state index in [0.717, 1.165) is 0 Å². The predicted octanol–water partition coefficient (Wildman–Crippen LogP) is 0.443. The van der Waals surface area contributed by atoms with Gasteiger partial charge >= 0.3 is 0 Å². The number of hydrogen-bond acceptors (Lipinski definition) is 3. The van der Waals surface area contributed by atoms with Crippen molar-refractivity contribution in [1.82, 2.24) is 4.98 Å². The first-order chi connectivity index (χ1) is 5.22. The molecule has 11 heavy (non-hydrogen) atoms. The van der Waals surface area contributed by atoms with E-state index in [0.29, 0.717) is 0 Å². The molecule has 1 aromatic heterocycles. The Labute approximate surface area is 65.6 Å². The Morgan fingerprint density at radius 2 is 2.00 bits per heavy atom. The minimum absolute atomic E-state index is 0.195. The van der Waals surface area contributed by atoms with Gasteiger partial charge in [0.05, 0.1) is 0 Å². The van der Waals surface area contributed by atoms with Crippen molar-refractivity contribution < 1.29 is 13.6 Å². The average molecular weight is 171 g/mol. The molecule has 0 radical (unpaired) electrons. The largest absolute Gasteiger partial charge is 0.300 e. The number of rotatable bonds is 1. The monoisotopic (exact) mass is 171 g/mol.